The molecule has 0 spiro atoms. The van der Waals surface area contributed by atoms with Crippen LogP contribution in [0, 0.1) is 5.92 Å². The van der Waals surface area contributed by atoms with Gasteiger partial charge in [0.15, 0.2) is 11.5 Å². The summed E-state index contributed by atoms with van der Waals surface area (Å²) in [5.41, 5.74) is 6.87. The van der Waals surface area contributed by atoms with Crippen LogP contribution < -0.4 is 5.73 Å². The third kappa shape index (κ3) is 2.75. The molecule has 2 aliphatic rings. The molecule has 0 saturated heterocycles. The molecule has 128 valence electrons. The first-order chi connectivity index (χ1) is 11.3. The van der Waals surface area contributed by atoms with Crippen molar-refractivity contribution in [3.8, 4) is 0 Å². The van der Waals surface area contributed by atoms with Gasteiger partial charge >= 0.3 is 0 Å². The highest BCUT2D eigenvalue weighted by Gasteiger charge is 2.44. The molecule has 0 bridgehead atoms. The lowest BCUT2D eigenvalue weighted by atomic mass is 9.97. The topological polar surface area (TPSA) is 78.9 Å². The van der Waals surface area contributed by atoms with Gasteiger partial charge in [-0.05, 0) is 47.9 Å². The maximum absolute atomic E-state index is 12.5. The lowest BCUT2D eigenvalue weighted by Gasteiger charge is -2.18. The van der Waals surface area contributed by atoms with Gasteiger partial charge in [0.2, 0.25) is 0 Å². The average molecular weight is 345 g/mol. The Bertz CT molecular complexity index is 762. The normalized spacial score (nSPS) is 27.6. The largest absolute Gasteiger partial charge is 0.512 e. The van der Waals surface area contributed by atoms with E-state index in [0.717, 1.165) is 35.3 Å². The SMILES string of the molecule is CCC1CC=C(c2csc(C3(C)N=C(N)N(C)C3=O)c2)C=C(O)C1. The number of hydrogen-bond acceptors (Lipinski definition) is 5. The molecule has 1 aromatic heterocycles. The fraction of sp³-hybridized carbons (Fsp3) is 0.444. The van der Waals surface area contributed by atoms with Gasteiger partial charge in [0, 0.05) is 18.3 Å². The first kappa shape index (κ1) is 16.8. The van der Waals surface area contributed by atoms with E-state index in [0.29, 0.717) is 11.7 Å². The first-order valence-electron chi connectivity index (χ1n) is 8.17. The van der Waals surface area contributed by atoms with Gasteiger partial charge < -0.3 is 10.8 Å². The number of likely N-dealkylation sites (N-methyl/N-ethyl adjacent to an activating group) is 1. The van der Waals surface area contributed by atoms with Crippen molar-refractivity contribution < 1.29 is 9.90 Å². The number of aliphatic imine (C=N–C) groups is 1. The van der Waals surface area contributed by atoms with E-state index in [1.807, 2.05) is 17.5 Å². The molecular weight excluding hydrogens is 322 g/mol. The molecule has 5 nitrogen and oxygen atoms in total. The monoisotopic (exact) mass is 345 g/mol. The molecule has 0 fully saturated rings. The predicted octanol–water partition coefficient (Wildman–Crippen LogP) is 3.40. The van der Waals surface area contributed by atoms with Crippen LogP contribution in [0.5, 0.6) is 0 Å². The Labute approximate surface area is 146 Å². The van der Waals surface area contributed by atoms with Gasteiger partial charge in [0.1, 0.15) is 0 Å². The van der Waals surface area contributed by atoms with Crippen LogP contribution >= 0.6 is 11.3 Å². The van der Waals surface area contributed by atoms with Crippen LogP contribution in [-0.4, -0.2) is 28.9 Å². The summed E-state index contributed by atoms with van der Waals surface area (Å²) in [5.74, 6) is 1.02. The second-order valence-electron chi connectivity index (χ2n) is 6.62. The Morgan fingerprint density at radius 1 is 1.54 bits per heavy atom. The van der Waals surface area contributed by atoms with Gasteiger partial charge in [0.05, 0.1) is 5.76 Å². The summed E-state index contributed by atoms with van der Waals surface area (Å²) in [7, 11) is 1.64. The molecular formula is C18H23N3O2S. The Hall–Kier alpha value is -2.08. The number of rotatable bonds is 3. The second kappa shape index (κ2) is 6.09. The van der Waals surface area contributed by atoms with Gasteiger partial charge in [-0.15, -0.1) is 11.3 Å². The van der Waals surface area contributed by atoms with E-state index >= 15 is 0 Å². The molecule has 6 heteroatoms. The third-order valence-corrected chi connectivity index (χ3v) is 6.02. The highest BCUT2D eigenvalue weighted by Crippen LogP contribution is 2.38. The van der Waals surface area contributed by atoms with E-state index in [-0.39, 0.29) is 11.9 Å². The predicted molar refractivity (Wildman–Crippen MR) is 97.8 cm³/mol. The molecule has 1 aliphatic carbocycles. The van der Waals surface area contributed by atoms with Crippen molar-refractivity contribution in [2.45, 2.75) is 38.6 Å². The Morgan fingerprint density at radius 3 is 2.92 bits per heavy atom. The van der Waals surface area contributed by atoms with E-state index in [1.165, 1.54) is 16.2 Å². The lowest BCUT2D eigenvalue weighted by molar-refractivity contribution is -0.129. The highest BCUT2D eigenvalue weighted by molar-refractivity contribution is 7.10. The van der Waals surface area contributed by atoms with E-state index in [9.17, 15) is 9.90 Å². The number of carbonyl (C=O) groups excluding carboxylic acids is 1. The zero-order valence-electron chi connectivity index (χ0n) is 14.2. The van der Waals surface area contributed by atoms with Gasteiger partial charge in [-0.2, -0.15) is 0 Å². The fourth-order valence-electron chi connectivity index (χ4n) is 3.17. The number of allylic oxidation sites excluding steroid dienone is 4. The van der Waals surface area contributed by atoms with E-state index in [4.69, 9.17) is 5.73 Å². The quantitative estimate of drug-likeness (QED) is 0.881. The Morgan fingerprint density at radius 2 is 2.29 bits per heavy atom. The number of carbonyl (C=O) groups is 1. The maximum atomic E-state index is 12.5. The number of hydrogen-bond donors (Lipinski definition) is 2. The van der Waals surface area contributed by atoms with Crippen molar-refractivity contribution in [3.63, 3.8) is 0 Å². The lowest BCUT2D eigenvalue weighted by Crippen LogP contribution is -2.38. The Kier molecular flexibility index (Phi) is 4.25. The molecule has 1 aliphatic heterocycles. The van der Waals surface area contributed by atoms with Crippen LogP contribution in [0.3, 0.4) is 0 Å². The number of nitrogens with zero attached hydrogens (tertiary/aromatic N) is 2. The molecule has 0 saturated carbocycles. The molecule has 3 N–H and O–H groups in total. The maximum Gasteiger partial charge on any atom is 0.262 e. The van der Waals surface area contributed by atoms with Gasteiger partial charge in [0.25, 0.3) is 5.91 Å². The zero-order chi connectivity index (χ0) is 17.5. The molecule has 0 radical (unpaired) electrons. The van der Waals surface area contributed by atoms with Crippen molar-refractivity contribution >= 4 is 28.8 Å². The van der Waals surface area contributed by atoms with E-state index < -0.39 is 5.54 Å². The molecule has 2 atom stereocenters. The van der Waals surface area contributed by atoms with Crippen LogP contribution in [-0.2, 0) is 10.3 Å². The zero-order valence-corrected chi connectivity index (χ0v) is 15.1. The summed E-state index contributed by atoms with van der Waals surface area (Å²) in [5, 5.41) is 12.1. The molecule has 1 aromatic rings. The first-order valence-corrected chi connectivity index (χ1v) is 9.05. The van der Waals surface area contributed by atoms with Crippen molar-refractivity contribution in [2.24, 2.45) is 16.6 Å². The van der Waals surface area contributed by atoms with E-state index in [1.54, 1.807) is 14.0 Å². The fourth-order valence-corrected chi connectivity index (χ4v) is 4.18. The van der Waals surface area contributed by atoms with Crippen molar-refractivity contribution in [1.29, 1.82) is 0 Å². The minimum absolute atomic E-state index is 0.118. The smallest absolute Gasteiger partial charge is 0.262 e. The van der Waals surface area contributed by atoms with Crippen LogP contribution in [0.1, 0.15) is 43.6 Å². The van der Waals surface area contributed by atoms with Crippen molar-refractivity contribution in [3.05, 3.63) is 39.8 Å². The van der Waals surface area contributed by atoms with Crippen LogP contribution in [0.2, 0.25) is 0 Å². The minimum Gasteiger partial charge on any atom is -0.512 e. The van der Waals surface area contributed by atoms with Crippen LogP contribution in [0.15, 0.2) is 34.4 Å². The van der Waals surface area contributed by atoms with Gasteiger partial charge in [-0.1, -0.05) is 19.4 Å². The van der Waals surface area contributed by atoms with Gasteiger partial charge in [-0.3, -0.25) is 9.69 Å². The highest BCUT2D eigenvalue weighted by atomic mass is 32.1. The molecule has 3 rings (SSSR count). The summed E-state index contributed by atoms with van der Waals surface area (Å²) in [6, 6.07) is 1.99. The number of nitrogens with two attached hydrogens (primary N) is 1. The van der Waals surface area contributed by atoms with Gasteiger partial charge in [-0.25, -0.2) is 4.99 Å². The average Bonchev–Trinajstić information content (AvgIpc) is 3.05. The summed E-state index contributed by atoms with van der Waals surface area (Å²) in [6.07, 6.45) is 6.72. The summed E-state index contributed by atoms with van der Waals surface area (Å²) in [4.78, 5) is 19.1. The molecule has 2 heterocycles. The standard InChI is InChI=1S/C18H23N3O2S/c1-4-11-5-6-12(8-14(22)7-11)13-9-15(24-10-13)18(2)16(23)21(3)17(19)20-18/h6,8-11,22H,4-5,7H2,1-3H3,(H2,19,20). The number of aliphatic hydroxyl groups excluding tert-OH is 1. The minimum atomic E-state index is -0.954. The second-order valence-corrected chi connectivity index (χ2v) is 7.53. The van der Waals surface area contributed by atoms with E-state index in [2.05, 4.69) is 18.0 Å². The molecule has 2 unspecified atom stereocenters. The number of amides is 1. The molecule has 24 heavy (non-hydrogen) atoms. The summed E-state index contributed by atoms with van der Waals surface area (Å²) in [6.45, 7) is 3.94. The molecule has 1 amide bonds. The summed E-state index contributed by atoms with van der Waals surface area (Å²) >= 11 is 1.50. The molecule has 0 aromatic carbocycles. The Balaban J connectivity index is 1.93. The number of aliphatic hydroxyl groups is 1. The summed E-state index contributed by atoms with van der Waals surface area (Å²) < 4.78 is 0. The van der Waals surface area contributed by atoms with Crippen molar-refractivity contribution in [2.75, 3.05) is 7.05 Å². The third-order valence-electron chi connectivity index (χ3n) is 4.88. The van der Waals surface area contributed by atoms with Crippen LogP contribution in [0.25, 0.3) is 5.57 Å². The van der Waals surface area contributed by atoms with Crippen molar-refractivity contribution in [1.82, 2.24) is 4.90 Å². The van der Waals surface area contributed by atoms with Crippen LogP contribution in [0.4, 0.5) is 0 Å². The number of guanidine groups is 1. The number of thiophene rings is 1.